The Morgan fingerprint density at radius 2 is 2.00 bits per heavy atom. The highest BCUT2D eigenvalue weighted by molar-refractivity contribution is 7.73. The van der Waals surface area contributed by atoms with E-state index in [1.165, 1.54) is 0 Å². The molecule has 1 atom stereocenters. The topological polar surface area (TPSA) is 26.3 Å². The van der Waals surface area contributed by atoms with Gasteiger partial charge in [0.2, 0.25) is 0 Å². The van der Waals surface area contributed by atoms with Crippen molar-refractivity contribution in [3.63, 3.8) is 0 Å². The van der Waals surface area contributed by atoms with Crippen LogP contribution >= 0.6 is 7.14 Å². The van der Waals surface area contributed by atoms with Crippen molar-refractivity contribution < 1.29 is 9.30 Å². The number of hydrogen-bond donors (Lipinski definition) is 0. The molecular formula is C12H17O2P. The van der Waals surface area contributed by atoms with Crippen LogP contribution < -0.4 is 10.0 Å². The maximum Gasteiger partial charge on any atom is 0.160 e. The standard InChI is InChI=1S/C12H17O2P/c1-9-6-5-7-10-11(9)15(13,8-14-10)12(2,3)4/h5-7H,8H2,1-4H3. The van der Waals surface area contributed by atoms with E-state index in [-0.39, 0.29) is 5.16 Å². The summed E-state index contributed by atoms with van der Waals surface area (Å²) in [6, 6.07) is 5.87. The lowest BCUT2D eigenvalue weighted by molar-refractivity contribution is 0.389. The van der Waals surface area contributed by atoms with Crippen LogP contribution in [-0.4, -0.2) is 11.5 Å². The summed E-state index contributed by atoms with van der Waals surface area (Å²) in [5, 5.41) is 0.738. The molecule has 15 heavy (non-hydrogen) atoms. The zero-order valence-corrected chi connectivity index (χ0v) is 10.6. The highest BCUT2D eigenvalue weighted by Gasteiger charge is 2.45. The van der Waals surface area contributed by atoms with Crippen molar-refractivity contribution >= 4 is 12.4 Å². The van der Waals surface area contributed by atoms with Gasteiger partial charge in [-0.05, 0) is 18.6 Å². The van der Waals surface area contributed by atoms with Gasteiger partial charge in [0.05, 0.1) is 5.30 Å². The summed E-state index contributed by atoms with van der Waals surface area (Å²) in [7, 11) is -2.40. The highest BCUT2D eigenvalue weighted by Crippen LogP contribution is 2.61. The number of ether oxygens (including phenoxy) is 1. The molecule has 1 aliphatic heterocycles. The summed E-state index contributed by atoms with van der Waals surface area (Å²) in [5.41, 5.74) is 1.09. The smallest absolute Gasteiger partial charge is 0.160 e. The van der Waals surface area contributed by atoms with E-state index in [9.17, 15) is 4.57 Å². The number of benzene rings is 1. The van der Waals surface area contributed by atoms with Crippen LogP contribution in [0.15, 0.2) is 18.2 Å². The predicted molar refractivity (Wildman–Crippen MR) is 63.7 cm³/mol. The molecule has 0 saturated carbocycles. The third-order valence-corrected chi connectivity index (χ3v) is 7.00. The highest BCUT2D eigenvalue weighted by atomic mass is 31.2. The lowest BCUT2D eigenvalue weighted by atomic mass is 10.2. The number of fused-ring (bicyclic) bond motifs is 1. The number of rotatable bonds is 0. The molecule has 0 N–H and O–H groups in total. The minimum atomic E-state index is -2.40. The molecule has 0 spiro atoms. The molecule has 1 aromatic rings. The van der Waals surface area contributed by atoms with Crippen LogP contribution in [0.25, 0.3) is 0 Å². The van der Waals surface area contributed by atoms with E-state index in [2.05, 4.69) is 0 Å². The van der Waals surface area contributed by atoms with Crippen LogP contribution in [0.1, 0.15) is 26.3 Å². The minimum absolute atomic E-state index is 0.218. The van der Waals surface area contributed by atoms with Crippen molar-refractivity contribution in [2.24, 2.45) is 0 Å². The van der Waals surface area contributed by atoms with Crippen molar-refractivity contribution in [3.05, 3.63) is 23.8 Å². The van der Waals surface area contributed by atoms with E-state index in [0.717, 1.165) is 16.6 Å². The second-order valence-electron chi connectivity index (χ2n) is 5.11. The summed E-state index contributed by atoms with van der Waals surface area (Å²) in [6.45, 7) is 8.09. The van der Waals surface area contributed by atoms with Crippen LogP contribution in [0.2, 0.25) is 0 Å². The second-order valence-corrected chi connectivity index (χ2v) is 8.63. The Labute approximate surface area is 91.0 Å². The summed E-state index contributed by atoms with van der Waals surface area (Å²) in [4.78, 5) is 0. The third kappa shape index (κ3) is 1.43. The largest absolute Gasteiger partial charge is 0.485 e. The van der Waals surface area contributed by atoms with E-state index >= 15 is 0 Å². The molecule has 1 unspecified atom stereocenters. The van der Waals surface area contributed by atoms with E-state index < -0.39 is 7.14 Å². The Kier molecular flexibility index (Phi) is 2.24. The molecule has 2 nitrogen and oxygen atoms in total. The molecule has 2 rings (SSSR count). The van der Waals surface area contributed by atoms with E-state index in [1.54, 1.807) is 0 Å². The molecule has 0 aliphatic carbocycles. The Morgan fingerprint density at radius 1 is 1.33 bits per heavy atom. The fourth-order valence-corrected chi connectivity index (χ4v) is 4.61. The Bertz CT molecular complexity index is 443. The maximum atomic E-state index is 13.0. The van der Waals surface area contributed by atoms with Crippen LogP contribution in [0.4, 0.5) is 0 Å². The average molecular weight is 224 g/mol. The maximum absolute atomic E-state index is 13.0. The van der Waals surface area contributed by atoms with Gasteiger partial charge >= 0.3 is 0 Å². The summed E-state index contributed by atoms with van der Waals surface area (Å²) >= 11 is 0. The lowest BCUT2D eigenvalue weighted by Crippen LogP contribution is -2.23. The molecular weight excluding hydrogens is 207 g/mol. The normalized spacial score (nSPS) is 24.8. The first-order valence-corrected chi connectivity index (χ1v) is 7.07. The van der Waals surface area contributed by atoms with Gasteiger partial charge in [-0.25, -0.2) is 0 Å². The summed E-state index contributed by atoms with van der Waals surface area (Å²) < 4.78 is 18.5. The molecule has 1 heterocycles. The molecule has 3 heteroatoms. The molecule has 0 amide bonds. The summed E-state index contributed by atoms with van der Waals surface area (Å²) in [5.74, 6) is 0.813. The van der Waals surface area contributed by atoms with Crippen LogP contribution in [0.5, 0.6) is 5.75 Å². The van der Waals surface area contributed by atoms with Crippen molar-refractivity contribution in [1.82, 2.24) is 0 Å². The van der Waals surface area contributed by atoms with Gasteiger partial charge in [0.25, 0.3) is 0 Å². The van der Waals surface area contributed by atoms with Gasteiger partial charge in [0, 0.05) is 5.16 Å². The average Bonchev–Trinajstić information content (AvgIpc) is 2.45. The number of aryl methyl sites for hydroxylation is 1. The van der Waals surface area contributed by atoms with E-state index in [4.69, 9.17) is 4.74 Å². The van der Waals surface area contributed by atoms with Gasteiger partial charge in [-0.2, -0.15) is 0 Å². The van der Waals surface area contributed by atoms with Gasteiger partial charge in [-0.1, -0.05) is 32.9 Å². The van der Waals surface area contributed by atoms with Crippen LogP contribution in [-0.2, 0) is 4.57 Å². The molecule has 0 radical (unpaired) electrons. The zero-order valence-electron chi connectivity index (χ0n) is 9.70. The zero-order chi connectivity index (χ0) is 11.3. The molecule has 0 aromatic heterocycles. The monoisotopic (exact) mass is 224 g/mol. The van der Waals surface area contributed by atoms with Crippen LogP contribution in [0, 0.1) is 6.92 Å². The first-order valence-electron chi connectivity index (χ1n) is 5.18. The van der Waals surface area contributed by atoms with Crippen molar-refractivity contribution in [1.29, 1.82) is 0 Å². The van der Waals surface area contributed by atoms with Gasteiger partial charge in [-0.15, -0.1) is 0 Å². The Balaban J connectivity index is 2.68. The van der Waals surface area contributed by atoms with Crippen molar-refractivity contribution in [2.45, 2.75) is 32.9 Å². The fourth-order valence-electron chi connectivity index (χ4n) is 1.97. The van der Waals surface area contributed by atoms with Crippen LogP contribution in [0.3, 0.4) is 0 Å². The quantitative estimate of drug-likeness (QED) is 0.633. The SMILES string of the molecule is Cc1cccc2c1P(=O)(C(C)(C)C)CO2. The van der Waals surface area contributed by atoms with Gasteiger partial charge < -0.3 is 9.30 Å². The van der Waals surface area contributed by atoms with Crippen molar-refractivity contribution in [2.75, 3.05) is 6.35 Å². The molecule has 0 bridgehead atoms. The second kappa shape index (κ2) is 3.12. The van der Waals surface area contributed by atoms with Gasteiger partial charge in [0.1, 0.15) is 12.1 Å². The van der Waals surface area contributed by atoms with Crippen molar-refractivity contribution in [3.8, 4) is 5.75 Å². The van der Waals surface area contributed by atoms with Gasteiger partial charge in [0.15, 0.2) is 7.14 Å². The lowest BCUT2D eigenvalue weighted by Gasteiger charge is -2.27. The molecule has 82 valence electrons. The van der Waals surface area contributed by atoms with E-state index in [0.29, 0.717) is 6.35 Å². The molecule has 1 aromatic carbocycles. The Morgan fingerprint density at radius 3 is 2.60 bits per heavy atom. The molecule has 1 aliphatic rings. The first-order chi connectivity index (χ1) is 6.86. The van der Waals surface area contributed by atoms with Gasteiger partial charge in [-0.3, -0.25) is 0 Å². The third-order valence-electron chi connectivity index (χ3n) is 3.05. The molecule has 0 fully saturated rings. The Hall–Kier alpha value is -0.750. The predicted octanol–water partition coefficient (Wildman–Crippen LogP) is 3.13. The summed E-state index contributed by atoms with van der Waals surface area (Å²) in [6.07, 6.45) is 0.358. The number of hydrogen-bond acceptors (Lipinski definition) is 2. The molecule has 0 saturated heterocycles. The van der Waals surface area contributed by atoms with E-state index in [1.807, 2.05) is 45.9 Å². The first kappa shape index (κ1) is 10.8. The minimum Gasteiger partial charge on any atom is -0.485 e. The fraction of sp³-hybridized carbons (Fsp3) is 0.500.